The third-order valence-electron chi connectivity index (χ3n) is 2.78. The number of esters is 1. The molecule has 0 atom stereocenters. The molecule has 0 aliphatic carbocycles. The van der Waals surface area contributed by atoms with Gasteiger partial charge in [0.15, 0.2) is 0 Å². The first-order chi connectivity index (χ1) is 10.5. The van der Waals surface area contributed by atoms with Crippen molar-refractivity contribution in [3.63, 3.8) is 0 Å². The molecule has 0 unspecified atom stereocenters. The summed E-state index contributed by atoms with van der Waals surface area (Å²) in [4.78, 5) is 23.1. The zero-order valence-corrected chi connectivity index (χ0v) is 12.3. The van der Waals surface area contributed by atoms with Gasteiger partial charge in [0.2, 0.25) is 0 Å². The van der Waals surface area contributed by atoms with Gasteiger partial charge in [-0.15, -0.1) is 0 Å². The van der Waals surface area contributed by atoms with Crippen molar-refractivity contribution < 1.29 is 24.2 Å². The molecule has 5 nitrogen and oxygen atoms in total. The first-order valence-corrected chi connectivity index (χ1v) is 6.78. The molecule has 5 heteroatoms. The van der Waals surface area contributed by atoms with Crippen LogP contribution in [0.5, 0.6) is 11.5 Å². The highest BCUT2D eigenvalue weighted by molar-refractivity contribution is 5.95. The molecule has 0 aliphatic rings. The molecule has 0 radical (unpaired) electrons. The van der Waals surface area contributed by atoms with E-state index in [1.165, 1.54) is 12.1 Å². The Kier molecular flexibility index (Phi) is 4.78. The number of carbonyl (C=O) groups is 2. The Labute approximate surface area is 128 Å². The standard InChI is InChI=1S/C17H16O5/c1-11(2)21-13-9-7-12(8-10-13)17(20)22-15-6-4-3-5-14(15)16(18)19/h3-11H,1-2H3,(H,18,19). The van der Waals surface area contributed by atoms with Gasteiger partial charge in [0.1, 0.15) is 17.1 Å². The lowest BCUT2D eigenvalue weighted by atomic mass is 10.2. The van der Waals surface area contributed by atoms with Gasteiger partial charge in [-0.1, -0.05) is 12.1 Å². The lowest BCUT2D eigenvalue weighted by Crippen LogP contribution is -2.11. The van der Waals surface area contributed by atoms with Crippen molar-refractivity contribution in [2.75, 3.05) is 0 Å². The molecule has 0 saturated heterocycles. The number of benzene rings is 2. The first-order valence-electron chi connectivity index (χ1n) is 6.78. The predicted octanol–water partition coefficient (Wildman–Crippen LogP) is 3.39. The van der Waals surface area contributed by atoms with Gasteiger partial charge in [0.25, 0.3) is 0 Å². The van der Waals surface area contributed by atoms with Gasteiger partial charge in [0, 0.05) is 0 Å². The number of para-hydroxylation sites is 1. The maximum absolute atomic E-state index is 12.1. The Bertz CT molecular complexity index is 674. The van der Waals surface area contributed by atoms with E-state index < -0.39 is 11.9 Å². The highest BCUT2D eigenvalue weighted by Crippen LogP contribution is 2.20. The zero-order chi connectivity index (χ0) is 16.1. The van der Waals surface area contributed by atoms with Crippen LogP contribution in [-0.4, -0.2) is 23.1 Å². The van der Waals surface area contributed by atoms with Crippen LogP contribution in [0, 0.1) is 0 Å². The average molecular weight is 300 g/mol. The maximum Gasteiger partial charge on any atom is 0.343 e. The van der Waals surface area contributed by atoms with E-state index in [2.05, 4.69) is 0 Å². The second kappa shape index (κ2) is 6.76. The van der Waals surface area contributed by atoms with Crippen molar-refractivity contribution in [2.24, 2.45) is 0 Å². The molecule has 0 aromatic heterocycles. The molecular formula is C17H16O5. The van der Waals surface area contributed by atoms with Crippen LogP contribution in [0.25, 0.3) is 0 Å². The van der Waals surface area contributed by atoms with Gasteiger partial charge in [0.05, 0.1) is 11.7 Å². The average Bonchev–Trinajstić information content (AvgIpc) is 2.47. The van der Waals surface area contributed by atoms with Gasteiger partial charge < -0.3 is 14.6 Å². The molecule has 22 heavy (non-hydrogen) atoms. The number of carboxylic acid groups (broad SMARTS) is 1. The van der Waals surface area contributed by atoms with Gasteiger partial charge in [-0.05, 0) is 50.2 Å². The van der Waals surface area contributed by atoms with Crippen LogP contribution in [0.2, 0.25) is 0 Å². The highest BCUT2D eigenvalue weighted by Gasteiger charge is 2.15. The predicted molar refractivity (Wildman–Crippen MR) is 80.6 cm³/mol. The third-order valence-corrected chi connectivity index (χ3v) is 2.78. The summed E-state index contributed by atoms with van der Waals surface area (Å²) in [5.41, 5.74) is 0.256. The molecule has 1 N–H and O–H groups in total. The largest absolute Gasteiger partial charge is 0.491 e. The van der Waals surface area contributed by atoms with E-state index in [1.54, 1.807) is 36.4 Å². The van der Waals surface area contributed by atoms with Crippen molar-refractivity contribution in [1.29, 1.82) is 0 Å². The van der Waals surface area contributed by atoms with E-state index in [0.29, 0.717) is 11.3 Å². The number of hydrogen-bond donors (Lipinski definition) is 1. The molecule has 0 fully saturated rings. The minimum atomic E-state index is -1.15. The van der Waals surface area contributed by atoms with Gasteiger partial charge in [-0.25, -0.2) is 9.59 Å². The minimum absolute atomic E-state index is 0.0162. The Morgan fingerprint density at radius 1 is 1.00 bits per heavy atom. The Balaban J connectivity index is 2.14. The number of hydrogen-bond acceptors (Lipinski definition) is 4. The summed E-state index contributed by atoms with van der Waals surface area (Å²) in [6, 6.07) is 12.5. The van der Waals surface area contributed by atoms with Crippen molar-refractivity contribution in [3.8, 4) is 11.5 Å². The van der Waals surface area contributed by atoms with Gasteiger partial charge in [-0.2, -0.15) is 0 Å². The van der Waals surface area contributed by atoms with Crippen LogP contribution < -0.4 is 9.47 Å². The summed E-state index contributed by atoms with van der Waals surface area (Å²) in [6.45, 7) is 3.82. The summed E-state index contributed by atoms with van der Waals surface area (Å²) in [5, 5.41) is 9.06. The van der Waals surface area contributed by atoms with Gasteiger partial charge >= 0.3 is 11.9 Å². The van der Waals surface area contributed by atoms with Gasteiger partial charge in [-0.3, -0.25) is 0 Å². The van der Waals surface area contributed by atoms with Crippen LogP contribution in [0.3, 0.4) is 0 Å². The molecule has 0 saturated carbocycles. The molecule has 0 heterocycles. The maximum atomic E-state index is 12.1. The van der Waals surface area contributed by atoms with Crippen LogP contribution in [0.1, 0.15) is 34.6 Å². The fourth-order valence-electron chi connectivity index (χ4n) is 1.83. The fourth-order valence-corrected chi connectivity index (χ4v) is 1.83. The first kappa shape index (κ1) is 15.6. The van der Waals surface area contributed by atoms with Crippen LogP contribution >= 0.6 is 0 Å². The summed E-state index contributed by atoms with van der Waals surface area (Å²) < 4.78 is 10.6. The molecule has 0 bridgehead atoms. The summed E-state index contributed by atoms with van der Waals surface area (Å²) in [7, 11) is 0. The SMILES string of the molecule is CC(C)Oc1ccc(C(=O)Oc2ccccc2C(=O)O)cc1. The molecule has 0 spiro atoms. The fraction of sp³-hybridized carbons (Fsp3) is 0.176. The summed E-state index contributed by atoms with van der Waals surface area (Å²) >= 11 is 0. The normalized spacial score (nSPS) is 10.3. The van der Waals surface area contributed by atoms with E-state index in [4.69, 9.17) is 14.6 Å². The molecular weight excluding hydrogens is 284 g/mol. The summed E-state index contributed by atoms with van der Waals surface area (Å²) in [5.74, 6) is -1.10. The van der Waals surface area contributed by atoms with Crippen molar-refractivity contribution >= 4 is 11.9 Å². The third kappa shape index (κ3) is 3.85. The van der Waals surface area contributed by atoms with E-state index in [9.17, 15) is 9.59 Å². The molecule has 0 aliphatic heterocycles. The van der Waals surface area contributed by atoms with Crippen molar-refractivity contribution in [1.82, 2.24) is 0 Å². The molecule has 2 rings (SSSR count). The molecule has 2 aromatic rings. The Morgan fingerprint density at radius 2 is 1.64 bits per heavy atom. The van der Waals surface area contributed by atoms with E-state index in [0.717, 1.165) is 0 Å². The minimum Gasteiger partial charge on any atom is -0.491 e. The van der Waals surface area contributed by atoms with E-state index in [-0.39, 0.29) is 17.4 Å². The monoisotopic (exact) mass is 300 g/mol. The number of rotatable bonds is 5. The molecule has 2 aromatic carbocycles. The zero-order valence-electron chi connectivity index (χ0n) is 12.3. The Hall–Kier alpha value is -2.82. The second-order valence-corrected chi connectivity index (χ2v) is 4.88. The van der Waals surface area contributed by atoms with Crippen molar-refractivity contribution in [3.05, 3.63) is 59.7 Å². The molecule has 0 amide bonds. The lowest BCUT2D eigenvalue weighted by molar-refractivity contribution is 0.0681. The van der Waals surface area contributed by atoms with E-state index in [1.807, 2.05) is 13.8 Å². The lowest BCUT2D eigenvalue weighted by Gasteiger charge is -2.10. The smallest absolute Gasteiger partial charge is 0.343 e. The van der Waals surface area contributed by atoms with E-state index >= 15 is 0 Å². The Morgan fingerprint density at radius 3 is 2.23 bits per heavy atom. The van der Waals surface area contributed by atoms with Crippen LogP contribution in [0.4, 0.5) is 0 Å². The van der Waals surface area contributed by atoms with Crippen LogP contribution in [0.15, 0.2) is 48.5 Å². The second-order valence-electron chi connectivity index (χ2n) is 4.88. The number of carboxylic acids is 1. The number of ether oxygens (including phenoxy) is 2. The quantitative estimate of drug-likeness (QED) is 0.677. The van der Waals surface area contributed by atoms with Crippen LogP contribution in [-0.2, 0) is 0 Å². The topological polar surface area (TPSA) is 72.8 Å². The highest BCUT2D eigenvalue weighted by atomic mass is 16.5. The van der Waals surface area contributed by atoms with Crippen molar-refractivity contribution in [2.45, 2.75) is 20.0 Å². The summed E-state index contributed by atoms with van der Waals surface area (Å²) in [6.07, 6.45) is 0.0419. The molecule has 114 valence electrons. The number of aromatic carboxylic acids is 1. The number of carbonyl (C=O) groups excluding carboxylic acids is 1.